The minimum atomic E-state index is -1.07. The zero-order valence-corrected chi connectivity index (χ0v) is 10.9. The lowest BCUT2D eigenvalue weighted by Gasteiger charge is -2.31. The van der Waals surface area contributed by atoms with E-state index in [-0.39, 0.29) is 30.8 Å². The molecule has 1 aliphatic carbocycles. The molecule has 0 radical (unpaired) electrons. The van der Waals surface area contributed by atoms with Crippen LogP contribution < -0.4 is 5.32 Å². The van der Waals surface area contributed by atoms with Gasteiger partial charge in [0, 0.05) is 19.0 Å². The third kappa shape index (κ3) is 3.45. The number of amides is 2. The van der Waals surface area contributed by atoms with Crippen molar-refractivity contribution >= 4 is 17.8 Å². The summed E-state index contributed by atoms with van der Waals surface area (Å²) >= 11 is 0. The first kappa shape index (κ1) is 13.8. The van der Waals surface area contributed by atoms with E-state index >= 15 is 0 Å². The lowest BCUT2D eigenvalue weighted by atomic mass is 9.94. The third-order valence-electron chi connectivity index (χ3n) is 3.96. The first-order chi connectivity index (χ1) is 9.08. The van der Waals surface area contributed by atoms with Crippen LogP contribution in [0.4, 0.5) is 0 Å². The van der Waals surface area contributed by atoms with Crippen molar-refractivity contribution < 1.29 is 19.5 Å². The molecule has 2 amide bonds. The van der Waals surface area contributed by atoms with Gasteiger partial charge in [-0.25, -0.2) is 0 Å². The Balaban J connectivity index is 1.87. The fourth-order valence-corrected chi connectivity index (χ4v) is 2.96. The molecule has 1 heterocycles. The van der Waals surface area contributed by atoms with Crippen LogP contribution >= 0.6 is 0 Å². The zero-order valence-electron chi connectivity index (χ0n) is 10.9. The normalized spacial score (nSPS) is 24.5. The molecule has 2 N–H and O–H groups in total. The second-order valence-corrected chi connectivity index (χ2v) is 5.35. The van der Waals surface area contributed by atoms with E-state index in [1.165, 1.54) is 6.42 Å². The minimum Gasteiger partial charge on any atom is -0.480 e. The van der Waals surface area contributed by atoms with Crippen molar-refractivity contribution in [3.05, 3.63) is 0 Å². The van der Waals surface area contributed by atoms with Gasteiger partial charge in [-0.1, -0.05) is 19.3 Å². The molecule has 1 unspecified atom stereocenters. The topological polar surface area (TPSA) is 86.7 Å². The van der Waals surface area contributed by atoms with Gasteiger partial charge in [-0.05, 0) is 12.8 Å². The Morgan fingerprint density at radius 2 is 1.95 bits per heavy atom. The molecular formula is C13H20N2O4. The number of likely N-dealkylation sites (tertiary alicyclic amines) is 1. The van der Waals surface area contributed by atoms with Crippen molar-refractivity contribution in [2.75, 3.05) is 13.1 Å². The molecule has 0 aromatic heterocycles. The monoisotopic (exact) mass is 268 g/mol. The Morgan fingerprint density at radius 3 is 2.58 bits per heavy atom. The molecule has 1 aliphatic heterocycles. The third-order valence-corrected chi connectivity index (χ3v) is 3.96. The van der Waals surface area contributed by atoms with Gasteiger partial charge in [0.15, 0.2) is 0 Å². The Hall–Kier alpha value is -1.59. The molecule has 2 aliphatic rings. The summed E-state index contributed by atoms with van der Waals surface area (Å²) in [6.45, 7) is 0.0574. The lowest BCUT2D eigenvalue weighted by molar-refractivity contribution is -0.138. The Labute approximate surface area is 112 Å². The first-order valence-electron chi connectivity index (χ1n) is 6.87. The van der Waals surface area contributed by atoms with Gasteiger partial charge in [0.2, 0.25) is 11.8 Å². The standard InChI is InChI=1S/C13H20N2O4/c16-11-6-9(13(19)14-7-12(17)18)8-15(11)10-4-2-1-3-5-10/h9-10H,1-8H2,(H,14,19)(H,17,18). The van der Waals surface area contributed by atoms with Crippen LogP contribution in [0.2, 0.25) is 0 Å². The summed E-state index contributed by atoms with van der Waals surface area (Å²) in [4.78, 5) is 36.0. The largest absolute Gasteiger partial charge is 0.480 e. The van der Waals surface area contributed by atoms with Gasteiger partial charge in [-0.2, -0.15) is 0 Å². The van der Waals surface area contributed by atoms with Crippen LogP contribution in [0.5, 0.6) is 0 Å². The maximum absolute atomic E-state index is 12.0. The number of nitrogens with zero attached hydrogens (tertiary/aromatic N) is 1. The molecule has 0 aromatic rings. The average Bonchev–Trinajstić information content (AvgIpc) is 2.79. The van der Waals surface area contributed by atoms with Gasteiger partial charge in [-0.3, -0.25) is 14.4 Å². The van der Waals surface area contributed by atoms with E-state index in [0.717, 1.165) is 25.7 Å². The van der Waals surface area contributed by atoms with Gasteiger partial charge in [0.25, 0.3) is 0 Å². The number of carboxylic acid groups (broad SMARTS) is 1. The highest BCUT2D eigenvalue weighted by Gasteiger charge is 2.38. The Morgan fingerprint density at radius 1 is 1.26 bits per heavy atom. The lowest BCUT2D eigenvalue weighted by Crippen LogP contribution is -2.40. The van der Waals surface area contributed by atoms with Gasteiger partial charge >= 0.3 is 5.97 Å². The van der Waals surface area contributed by atoms with Crippen molar-refractivity contribution in [2.24, 2.45) is 5.92 Å². The Kier molecular flexibility index (Phi) is 4.39. The fraction of sp³-hybridized carbons (Fsp3) is 0.769. The van der Waals surface area contributed by atoms with E-state index in [1.807, 2.05) is 4.90 Å². The van der Waals surface area contributed by atoms with Crippen molar-refractivity contribution in [3.63, 3.8) is 0 Å². The van der Waals surface area contributed by atoms with Gasteiger partial charge in [-0.15, -0.1) is 0 Å². The van der Waals surface area contributed by atoms with Crippen LogP contribution in [0, 0.1) is 5.92 Å². The van der Waals surface area contributed by atoms with E-state index in [9.17, 15) is 14.4 Å². The molecule has 19 heavy (non-hydrogen) atoms. The maximum Gasteiger partial charge on any atom is 0.322 e. The molecule has 0 aromatic carbocycles. The number of carbonyl (C=O) groups is 3. The summed E-state index contributed by atoms with van der Waals surface area (Å²) in [5.74, 6) is -1.76. The first-order valence-corrected chi connectivity index (χ1v) is 6.87. The maximum atomic E-state index is 12.0. The SMILES string of the molecule is O=C(O)CNC(=O)C1CC(=O)N(C2CCCCC2)C1. The molecule has 0 bridgehead atoms. The van der Waals surface area contributed by atoms with Crippen LogP contribution in [0.15, 0.2) is 0 Å². The number of carboxylic acids is 1. The molecule has 2 rings (SSSR count). The quantitative estimate of drug-likeness (QED) is 0.771. The van der Waals surface area contributed by atoms with Crippen LogP contribution in [0.3, 0.4) is 0 Å². The highest BCUT2D eigenvalue weighted by molar-refractivity contribution is 5.90. The van der Waals surface area contributed by atoms with Crippen molar-refractivity contribution in [3.8, 4) is 0 Å². The summed E-state index contributed by atoms with van der Waals surface area (Å²) in [5, 5.41) is 10.9. The molecule has 1 saturated heterocycles. The predicted molar refractivity (Wildman–Crippen MR) is 67.3 cm³/mol. The molecule has 0 spiro atoms. The second-order valence-electron chi connectivity index (χ2n) is 5.35. The summed E-state index contributed by atoms with van der Waals surface area (Å²) in [7, 11) is 0. The van der Waals surface area contributed by atoms with E-state index in [2.05, 4.69) is 5.32 Å². The van der Waals surface area contributed by atoms with Crippen LogP contribution in [0.1, 0.15) is 38.5 Å². The predicted octanol–water partition coefficient (Wildman–Crippen LogP) is 0.368. The summed E-state index contributed by atoms with van der Waals surface area (Å²) < 4.78 is 0. The van der Waals surface area contributed by atoms with E-state index < -0.39 is 11.9 Å². The molecule has 6 heteroatoms. The van der Waals surface area contributed by atoms with Crippen LogP contribution in [0.25, 0.3) is 0 Å². The summed E-state index contributed by atoms with van der Waals surface area (Å²) in [5.41, 5.74) is 0. The van der Waals surface area contributed by atoms with Crippen LogP contribution in [-0.4, -0.2) is 46.9 Å². The van der Waals surface area contributed by atoms with E-state index in [1.54, 1.807) is 0 Å². The van der Waals surface area contributed by atoms with Crippen LogP contribution in [-0.2, 0) is 14.4 Å². The number of aliphatic carboxylic acids is 1. The van der Waals surface area contributed by atoms with E-state index in [0.29, 0.717) is 6.54 Å². The number of hydrogen-bond donors (Lipinski definition) is 2. The highest BCUT2D eigenvalue weighted by atomic mass is 16.4. The molecule has 2 fully saturated rings. The molecular weight excluding hydrogens is 248 g/mol. The number of nitrogens with one attached hydrogen (secondary N) is 1. The summed E-state index contributed by atoms with van der Waals surface area (Å²) in [6.07, 6.45) is 5.77. The molecule has 1 saturated carbocycles. The zero-order chi connectivity index (χ0) is 13.8. The van der Waals surface area contributed by atoms with Crippen molar-refractivity contribution in [1.29, 1.82) is 0 Å². The van der Waals surface area contributed by atoms with Gasteiger partial charge < -0.3 is 15.3 Å². The molecule has 1 atom stereocenters. The Bertz CT molecular complexity index is 377. The smallest absolute Gasteiger partial charge is 0.322 e. The van der Waals surface area contributed by atoms with Crippen molar-refractivity contribution in [2.45, 2.75) is 44.6 Å². The molecule has 6 nitrogen and oxygen atoms in total. The average molecular weight is 268 g/mol. The number of carbonyl (C=O) groups excluding carboxylic acids is 2. The van der Waals surface area contributed by atoms with Gasteiger partial charge in [0.1, 0.15) is 6.54 Å². The minimum absolute atomic E-state index is 0.0300. The van der Waals surface area contributed by atoms with Crippen molar-refractivity contribution in [1.82, 2.24) is 10.2 Å². The van der Waals surface area contributed by atoms with Gasteiger partial charge in [0.05, 0.1) is 5.92 Å². The molecule has 106 valence electrons. The second kappa shape index (κ2) is 6.04. The number of hydrogen-bond acceptors (Lipinski definition) is 3. The van der Waals surface area contributed by atoms with E-state index in [4.69, 9.17) is 5.11 Å². The fourth-order valence-electron chi connectivity index (χ4n) is 2.96. The number of rotatable bonds is 4. The highest BCUT2D eigenvalue weighted by Crippen LogP contribution is 2.28. The summed E-state index contributed by atoms with van der Waals surface area (Å²) in [6, 6.07) is 0.276.